The van der Waals surface area contributed by atoms with Gasteiger partial charge in [0.05, 0.1) is 12.6 Å². The van der Waals surface area contributed by atoms with Gasteiger partial charge in [-0.25, -0.2) is 9.78 Å². The lowest BCUT2D eigenvalue weighted by Gasteiger charge is -2.35. The fourth-order valence-corrected chi connectivity index (χ4v) is 2.44. The van der Waals surface area contributed by atoms with E-state index in [1.807, 2.05) is 22.7 Å². The van der Waals surface area contributed by atoms with Gasteiger partial charge in [-0.2, -0.15) is 0 Å². The first-order chi connectivity index (χ1) is 10.1. The molecule has 3 amide bonds. The van der Waals surface area contributed by atoms with Gasteiger partial charge < -0.3 is 15.2 Å². The van der Waals surface area contributed by atoms with Gasteiger partial charge in [0.2, 0.25) is 5.91 Å². The van der Waals surface area contributed by atoms with Crippen molar-refractivity contribution in [3.63, 3.8) is 0 Å². The van der Waals surface area contributed by atoms with Gasteiger partial charge in [0.25, 0.3) is 0 Å². The molecule has 0 spiro atoms. The largest absolute Gasteiger partial charge is 0.338 e. The van der Waals surface area contributed by atoms with Gasteiger partial charge in [-0.15, -0.1) is 12.4 Å². The molecule has 0 radical (unpaired) electrons. The van der Waals surface area contributed by atoms with Gasteiger partial charge in [0.15, 0.2) is 0 Å². The first-order valence-corrected chi connectivity index (χ1v) is 7.11. The van der Waals surface area contributed by atoms with Gasteiger partial charge in [0.1, 0.15) is 5.82 Å². The van der Waals surface area contributed by atoms with Gasteiger partial charge in [0, 0.05) is 45.6 Å². The Morgan fingerprint density at radius 3 is 2.91 bits per heavy atom. The second kappa shape index (κ2) is 8.72. The van der Waals surface area contributed by atoms with Gasteiger partial charge >= 0.3 is 6.03 Å². The average molecular weight is 331 g/mol. The molecule has 3 N–H and O–H groups in total. The second-order valence-corrected chi connectivity index (χ2v) is 4.99. The van der Waals surface area contributed by atoms with Crippen molar-refractivity contribution < 1.29 is 9.59 Å². The molecule has 0 bridgehead atoms. The Morgan fingerprint density at radius 2 is 2.27 bits per heavy atom. The molecule has 0 aromatic carbocycles. The summed E-state index contributed by atoms with van der Waals surface area (Å²) in [7, 11) is 1.93. The molecule has 1 unspecified atom stereocenters. The number of piperazine rings is 1. The maximum Gasteiger partial charge on any atom is 0.321 e. The lowest BCUT2D eigenvalue weighted by atomic mass is 10.1. The van der Waals surface area contributed by atoms with Crippen LogP contribution < -0.4 is 16.0 Å². The normalized spacial score (nSPS) is 18.4. The summed E-state index contributed by atoms with van der Waals surface area (Å²) in [5, 5.41) is 8.18. The van der Waals surface area contributed by atoms with E-state index < -0.39 is 6.03 Å². The summed E-state index contributed by atoms with van der Waals surface area (Å²) < 4.78 is 1.95. The molecule has 9 heteroatoms. The highest BCUT2D eigenvalue weighted by Gasteiger charge is 2.28. The van der Waals surface area contributed by atoms with Crippen LogP contribution in [0.4, 0.5) is 4.79 Å². The van der Waals surface area contributed by atoms with Crippen LogP contribution in [0.15, 0.2) is 12.4 Å². The predicted molar refractivity (Wildman–Crippen MR) is 84.9 cm³/mol. The highest BCUT2D eigenvalue weighted by molar-refractivity contribution is 5.95. The van der Waals surface area contributed by atoms with Crippen molar-refractivity contribution in [2.75, 3.05) is 32.7 Å². The zero-order valence-electron chi connectivity index (χ0n) is 12.8. The molecule has 1 aliphatic rings. The van der Waals surface area contributed by atoms with Crippen molar-refractivity contribution in [1.82, 2.24) is 30.4 Å². The number of halogens is 1. The molecule has 1 fully saturated rings. The summed E-state index contributed by atoms with van der Waals surface area (Å²) in [6.07, 6.45) is 3.63. The van der Waals surface area contributed by atoms with Crippen LogP contribution in [0.5, 0.6) is 0 Å². The number of nitrogens with zero attached hydrogens (tertiary/aromatic N) is 3. The quantitative estimate of drug-likeness (QED) is 0.701. The number of imide groups is 1. The minimum absolute atomic E-state index is 0. The molecular weight excluding hydrogens is 308 g/mol. The van der Waals surface area contributed by atoms with Crippen molar-refractivity contribution >= 4 is 24.3 Å². The third kappa shape index (κ3) is 4.69. The minimum atomic E-state index is -0.453. The summed E-state index contributed by atoms with van der Waals surface area (Å²) >= 11 is 0. The van der Waals surface area contributed by atoms with Gasteiger partial charge in [-0.05, 0) is 6.92 Å². The van der Waals surface area contributed by atoms with E-state index in [4.69, 9.17) is 0 Å². The standard InChI is InChI=1S/C13H22N6O2.ClH/c1-3-15-13(21)17-11(20)9-19-7-4-14-8-10(19)12-16-5-6-18(12)2;/h5-6,10,14H,3-4,7-9H2,1-2H3,(H2,15,17,20,21);1H. The molecule has 0 saturated carbocycles. The number of carbonyl (C=O) groups excluding carboxylic acids is 2. The summed E-state index contributed by atoms with van der Waals surface area (Å²) in [4.78, 5) is 29.7. The SMILES string of the molecule is CCNC(=O)NC(=O)CN1CCNCC1c1nccn1C.Cl. The Hall–Kier alpha value is -1.64. The molecule has 0 aliphatic carbocycles. The molecule has 2 rings (SSSR count). The number of aryl methyl sites for hydroxylation is 1. The van der Waals surface area contributed by atoms with E-state index in [-0.39, 0.29) is 30.9 Å². The van der Waals surface area contributed by atoms with Crippen LogP contribution in [-0.2, 0) is 11.8 Å². The summed E-state index contributed by atoms with van der Waals surface area (Å²) in [5.41, 5.74) is 0. The third-order valence-corrected chi connectivity index (χ3v) is 3.45. The number of urea groups is 1. The molecule has 1 aliphatic heterocycles. The molecule has 124 valence electrons. The van der Waals surface area contributed by atoms with E-state index in [2.05, 4.69) is 20.9 Å². The first kappa shape index (κ1) is 18.4. The zero-order chi connectivity index (χ0) is 15.2. The van der Waals surface area contributed by atoms with Crippen LogP contribution >= 0.6 is 12.4 Å². The van der Waals surface area contributed by atoms with E-state index in [0.29, 0.717) is 6.54 Å². The van der Waals surface area contributed by atoms with E-state index in [0.717, 1.165) is 25.5 Å². The molecule has 2 heterocycles. The van der Waals surface area contributed by atoms with E-state index in [9.17, 15) is 9.59 Å². The summed E-state index contributed by atoms with van der Waals surface area (Å²) in [5.74, 6) is 0.607. The fraction of sp³-hybridized carbons (Fsp3) is 0.615. The number of aromatic nitrogens is 2. The predicted octanol–water partition coefficient (Wildman–Crippen LogP) is -0.366. The molecule has 1 aromatic rings. The zero-order valence-corrected chi connectivity index (χ0v) is 13.7. The molecule has 22 heavy (non-hydrogen) atoms. The highest BCUT2D eigenvalue weighted by Crippen LogP contribution is 2.19. The molecular formula is C13H23ClN6O2. The number of rotatable bonds is 4. The average Bonchev–Trinajstić information content (AvgIpc) is 2.85. The van der Waals surface area contributed by atoms with E-state index >= 15 is 0 Å². The smallest absolute Gasteiger partial charge is 0.321 e. The highest BCUT2D eigenvalue weighted by atomic mass is 35.5. The Kier molecular flexibility index (Phi) is 7.30. The lowest BCUT2D eigenvalue weighted by Crippen LogP contribution is -2.51. The molecule has 1 aromatic heterocycles. The number of imidazole rings is 1. The second-order valence-electron chi connectivity index (χ2n) is 4.99. The number of nitrogens with one attached hydrogen (secondary N) is 3. The van der Waals surface area contributed by atoms with Crippen LogP contribution in [0.3, 0.4) is 0 Å². The van der Waals surface area contributed by atoms with Crippen LogP contribution in [0.1, 0.15) is 18.8 Å². The lowest BCUT2D eigenvalue weighted by molar-refractivity contribution is -0.122. The third-order valence-electron chi connectivity index (χ3n) is 3.45. The van der Waals surface area contributed by atoms with Gasteiger partial charge in [-0.1, -0.05) is 0 Å². The first-order valence-electron chi connectivity index (χ1n) is 7.11. The molecule has 1 atom stereocenters. The topological polar surface area (TPSA) is 91.3 Å². The van der Waals surface area contributed by atoms with E-state index in [1.165, 1.54) is 0 Å². The van der Waals surface area contributed by atoms with E-state index in [1.54, 1.807) is 13.1 Å². The Balaban J connectivity index is 0.00000242. The van der Waals surface area contributed by atoms with Crippen molar-refractivity contribution in [1.29, 1.82) is 0 Å². The van der Waals surface area contributed by atoms with Gasteiger partial charge in [-0.3, -0.25) is 15.0 Å². The molecule has 8 nitrogen and oxygen atoms in total. The Bertz CT molecular complexity index is 506. The van der Waals surface area contributed by atoms with Crippen LogP contribution in [0.25, 0.3) is 0 Å². The van der Waals surface area contributed by atoms with Crippen LogP contribution in [0.2, 0.25) is 0 Å². The van der Waals surface area contributed by atoms with Crippen LogP contribution in [-0.4, -0.2) is 59.1 Å². The minimum Gasteiger partial charge on any atom is -0.338 e. The van der Waals surface area contributed by atoms with Crippen molar-refractivity contribution in [2.45, 2.75) is 13.0 Å². The van der Waals surface area contributed by atoms with Crippen molar-refractivity contribution in [3.8, 4) is 0 Å². The van der Waals surface area contributed by atoms with Crippen molar-refractivity contribution in [3.05, 3.63) is 18.2 Å². The Labute approximate surface area is 136 Å². The fourth-order valence-electron chi connectivity index (χ4n) is 2.44. The summed E-state index contributed by atoms with van der Waals surface area (Å²) in [6.45, 7) is 4.76. The maximum atomic E-state index is 11.9. The summed E-state index contributed by atoms with van der Waals surface area (Å²) in [6, 6.07) is -0.426. The number of amides is 3. The van der Waals surface area contributed by atoms with Crippen LogP contribution in [0, 0.1) is 0 Å². The Morgan fingerprint density at radius 1 is 1.50 bits per heavy atom. The number of carbonyl (C=O) groups is 2. The monoisotopic (exact) mass is 330 g/mol. The number of hydrogen-bond acceptors (Lipinski definition) is 5. The van der Waals surface area contributed by atoms with Crippen molar-refractivity contribution in [2.24, 2.45) is 7.05 Å². The molecule has 1 saturated heterocycles. The maximum absolute atomic E-state index is 11.9. The number of hydrogen-bond donors (Lipinski definition) is 3.